The number of hydrogen-bond acceptors (Lipinski definition) is 6. The summed E-state index contributed by atoms with van der Waals surface area (Å²) in [6.07, 6.45) is 5.36. The molecule has 0 spiro atoms. The van der Waals surface area contributed by atoms with Crippen LogP contribution in [-0.2, 0) is 0 Å². The Balaban J connectivity index is 1.78. The fourth-order valence-corrected chi connectivity index (χ4v) is 3.22. The SMILES string of the molecule is C#CCN1CCN(c2c(Cl)cccc2NC(=O)c2ccc([N+](=O)[O-])o2)CC1. The number of furan rings is 1. The number of benzene rings is 1. The maximum atomic E-state index is 12.4. The second kappa shape index (κ2) is 8.12. The number of amides is 1. The summed E-state index contributed by atoms with van der Waals surface area (Å²) in [4.78, 5) is 26.7. The molecule has 0 atom stereocenters. The number of nitro groups is 1. The quantitative estimate of drug-likeness (QED) is 0.481. The standard InChI is InChI=1S/C18H17ClN4O4/c1-2-8-21-9-11-22(12-10-21)17-13(19)4-3-5-14(17)20-18(24)15-6-7-16(27-15)23(25)26/h1,3-7H,8-12H2,(H,20,24). The van der Waals surface area contributed by atoms with E-state index in [4.69, 9.17) is 22.4 Å². The van der Waals surface area contributed by atoms with Crippen molar-refractivity contribution >= 4 is 34.8 Å². The number of rotatable bonds is 5. The third-order valence-electron chi connectivity index (χ3n) is 4.23. The first-order valence-corrected chi connectivity index (χ1v) is 8.62. The highest BCUT2D eigenvalue weighted by molar-refractivity contribution is 6.34. The van der Waals surface area contributed by atoms with E-state index in [-0.39, 0.29) is 5.76 Å². The minimum absolute atomic E-state index is 0.147. The molecule has 1 aliphatic heterocycles. The molecule has 2 aromatic rings. The van der Waals surface area contributed by atoms with E-state index < -0.39 is 16.7 Å². The number of piperazine rings is 1. The Hall–Kier alpha value is -3.02. The number of carbonyl (C=O) groups is 1. The van der Waals surface area contributed by atoms with Crippen LogP contribution in [0, 0.1) is 22.5 Å². The molecule has 0 unspecified atom stereocenters. The maximum Gasteiger partial charge on any atom is 0.433 e. The van der Waals surface area contributed by atoms with E-state index in [1.54, 1.807) is 18.2 Å². The van der Waals surface area contributed by atoms with Crippen molar-refractivity contribution in [3.05, 3.63) is 51.2 Å². The Bertz CT molecular complexity index is 897. The van der Waals surface area contributed by atoms with Crippen LogP contribution in [0.2, 0.25) is 5.02 Å². The summed E-state index contributed by atoms with van der Waals surface area (Å²) in [6, 6.07) is 7.60. The van der Waals surface area contributed by atoms with Crippen LogP contribution in [0.25, 0.3) is 0 Å². The van der Waals surface area contributed by atoms with Crippen LogP contribution in [0.3, 0.4) is 0 Å². The van der Waals surface area contributed by atoms with Crippen molar-refractivity contribution in [1.82, 2.24) is 4.90 Å². The molecule has 9 heteroatoms. The minimum Gasteiger partial charge on any atom is -0.395 e. The highest BCUT2D eigenvalue weighted by Gasteiger charge is 2.23. The fourth-order valence-electron chi connectivity index (χ4n) is 2.93. The maximum absolute atomic E-state index is 12.4. The van der Waals surface area contributed by atoms with Gasteiger partial charge in [-0.3, -0.25) is 19.8 Å². The molecule has 1 aromatic carbocycles. The van der Waals surface area contributed by atoms with Crippen molar-refractivity contribution in [3.63, 3.8) is 0 Å². The van der Waals surface area contributed by atoms with E-state index in [0.29, 0.717) is 36.0 Å². The number of terminal acetylenes is 1. The van der Waals surface area contributed by atoms with Crippen LogP contribution >= 0.6 is 11.6 Å². The summed E-state index contributed by atoms with van der Waals surface area (Å²) in [7, 11) is 0. The van der Waals surface area contributed by atoms with Crippen LogP contribution in [-0.4, -0.2) is 48.5 Å². The molecule has 0 bridgehead atoms. The van der Waals surface area contributed by atoms with Crippen LogP contribution in [0.1, 0.15) is 10.6 Å². The summed E-state index contributed by atoms with van der Waals surface area (Å²) in [6.45, 7) is 3.58. The summed E-state index contributed by atoms with van der Waals surface area (Å²) in [5.41, 5.74) is 1.21. The third kappa shape index (κ3) is 4.22. The first kappa shape index (κ1) is 18.8. The number of anilines is 2. The van der Waals surface area contributed by atoms with Crippen molar-refractivity contribution in [2.24, 2.45) is 0 Å². The van der Waals surface area contributed by atoms with E-state index in [2.05, 4.69) is 21.0 Å². The molecular formula is C18H17ClN4O4. The van der Waals surface area contributed by atoms with Crippen LogP contribution in [0.15, 0.2) is 34.7 Å². The molecule has 1 fully saturated rings. The third-order valence-corrected chi connectivity index (χ3v) is 4.54. The number of carbonyl (C=O) groups excluding carboxylic acids is 1. The van der Waals surface area contributed by atoms with Crippen LogP contribution in [0.5, 0.6) is 0 Å². The van der Waals surface area contributed by atoms with E-state index >= 15 is 0 Å². The van der Waals surface area contributed by atoms with Gasteiger partial charge in [0, 0.05) is 26.2 Å². The number of nitrogens with zero attached hydrogens (tertiary/aromatic N) is 3. The largest absolute Gasteiger partial charge is 0.433 e. The Morgan fingerprint density at radius 2 is 2.04 bits per heavy atom. The van der Waals surface area contributed by atoms with Gasteiger partial charge in [0.1, 0.15) is 4.92 Å². The van der Waals surface area contributed by atoms with Crippen molar-refractivity contribution in [2.45, 2.75) is 0 Å². The molecule has 8 nitrogen and oxygen atoms in total. The molecular weight excluding hydrogens is 372 g/mol. The average Bonchev–Trinajstić information content (AvgIpc) is 3.14. The Morgan fingerprint density at radius 1 is 1.30 bits per heavy atom. The van der Waals surface area contributed by atoms with E-state index in [9.17, 15) is 14.9 Å². The van der Waals surface area contributed by atoms with Gasteiger partial charge in [0.25, 0.3) is 5.91 Å². The second-order valence-electron chi connectivity index (χ2n) is 5.95. The molecule has 3 rings (SSSR count). The monoisotopic (exact) mass is 388 g/mol. The number of hydrogen-bond donors (Lipinski definition) is 1. The molecule has 1 aliphatic rings. The summed E-state index contributed by atoms with van der Waals surface area (Å²) in [5, 5.41) is 13.9. The van der Waals surface area contributed by atoms with Gasteiger partial charge in [-0.15, -0.1) is 6.42 Å². The lowest BCUT2D eigenvalue weighted by Crippen LogP contribution is -2.46. The zero-order valence-electron chi connectivity index (χ0n) is 14.4. The van der Waals surface area contributed by atoms with Gasteiger partial charge in [-0.1, -0.05) is 23.6 Å². The second-order valence-corrected chi connectivity index (χ2v) is 6.36. The highest BCUT2D eigenvalue weighted by Crippen LogP contribution is 2.35. The molecule has 0 radical (unpaired) electrons. The lowest BCUT2D eigenvalue weighted by molar-refractivity contribution is -0.402. The van der Waals surface area contributed by atoms with Gasteiger partial charge in [-0.25, -0.2) is 0 Å². The van der Waals surface area contributed by atoms with Crippen molar-refractivity contribution in [1.29, 1.82) is 0 Å². The molecule has 2 heterocycles. The van der Waals surface area contributed by atoms with Crippen molar-refractivity contribution in [2.75, 3.05) is 42.9 Å². The minimum atomic E-state index is -0.697. The van der Waals surface area contributed by atoms with Crippen molar-refractivity contribution < 1.29 is 14.1 Å². The van der Waals surface area contributed by atoms with Gasteiger partial charge >= 0.3 is 5.88 Å². The first-order chi connectivity index (χ1) is 13.0. The normalized spacial score (nSPS) is 14.6. The number of halogens is 1. The van der Waals surface area contributed by atoms with E-state index in [1.165, 1.54) is 6.07 Å². The fraction of sp³-hybridized carbons (Fsp3) is 0.278. The number of nitrogens with one attached hydrogen (secondary N) is 1. The topological polar surface area (TPSA) is 91.9 Å². The zero-order chi connectivity index (χ0) is 19.4. The van der Waals surface area contributed by atoms with Gasteiger partial charge in [0.15, 0.2) is 5.76 Å². The Labute approximate surface area is 160 Å². The molecule has 1 saturated heterocycles. The first-order valence-electron chi connectivity index (χ1n) is 8.24. The Kier molecular flexibility index (Phi) is 5.64. The van der Waals surface area contributed by atoms with Gasteiger partial charge in [0.05, 0.1) is 29.0 Å². The number of para-hydroxylation sites is 1. The van der Waals surface area contributed by atoms with Crippen LogP contribution < -0.4 is 10.2 Å². The van der Waals surface area contributed by atoms with Gasteiger partial charge in [-0.05, 0) is 18.2 Å². The summed E-state index contributed by atoms with van der Waals surface area (Å²) in [5.74, 6) is 1.41. The zero-order valence-corrected chi connectivity index (χ0v) is 15.1. The lowest BCUT2D eigenvalue weighted by atomic mass is 10.2. The molecule has 0 aliphatic carbocycles. The molecule has 0 saturated carbocycles. The molecule has 27 heavy (non-hydrogen) atoms. The molecule has 1 aromatic heterocycles. The predicted molar refractivity (Wildman–Crippen MR) is 102 cm³/mol. The van der Waals surface area contributed by atoms with E-state index in [0.717, 1.165) is 19.2 Å². The molecule has 140 valence electrons. The average molecular weight is 389 g/mol. The van der Waals surface area contributed by atoms with Gasteiger partial charge in [0.2, 0.25) is 0 Å². The highest BCUT2D eigenvalue weighted by atomic mass is 35.5. The molecule has 1 N–H and O–H groups in total. The lowest BCUT2D eigenvalue weighted by Gasteiger charge is -2.36. The van der Waals surface area contributed by atoms with E-state index in [1.807, 2.05) is 0 Å². The summed E-state index contributed by atoms with van der Waals surface area (Å²) >= 11 is 6.38. The van der Waals surface area contributed by atoms with Crippen molar-refractivity contribution in [3.8, 4) is 12.3 Å². The predicted octanol–water partition coefficient (Wildman–Crippen LogP) is 2.85. The van der Waals surface area contributed by atoms with Crippen LogP contribution in [0.4, 0.5) is 17.3 Å². The molecule has 1 amide bonds. The van der Waals surface area contributed by atoms with Gasteiger partial charge in [-0.2, -0.15) is 0 Å². The smallest absolute Gasteiger partial charge is 0.395 e. The Morgan fingerprint density at radius 3 is 2.67 bits per heavy atom. The summed E-state index contributed by atoms with van der Waals surface area (Å²) < 4.78 is 4.95. The van der Waals surface area contributed by atoms with Gasteiger partial charge < -0.3 is 14.6 Å².